The van der Waals surface area contributed by atoms with E-state index in [4.69, 9.17) is 0 Å². The first kappa shape index (κ1) is 13.1. The Kier molecular flexibility index (Phi) is 3.68. The van der Waals surface area contributed by atoms with E-state index in [-0.39, 0.29) is 5.91 Å². The van der Waals surface area contributed by atoms with Gasteiger partial charge in [0.2, 0.25) is 0 Å². The minimum atomic E-state index is 0.162. The van der Waals surface area contributed by atoms with Crippen LogP contribution < -0.4 is 0 Å². The van der Waals surface area contributed by atoms with Crippen molar-refractivity contribution < 1.29 is 4.79 Å². The standard InChI is InChI=1S/C17H20N2O/c1-2-13-7-5-6-12-19(13)17(20)15-10-11-18-16-9-4-3-8-14(15)16/h3-4,8-11,13H,2,5-7,12H2,1H3/t13-/m0/s1. The van der Waals surface area contributed by atoms with Crippen LogP contribution in [0.25, 0.3) is 10.9 Å². The van der Waals surface area contributed by atoms with Gasteiger partial charge in [-0.2, -0.15) is 0 Å². The predicted molar refractivity (Wildman–Crippen MR) is 80.7 cm³/mol. The molecular formula is C17H20N2O. The van der Waals surface area contributed by atoms with Gasteiger partial charge in [-0.1, -0.05) is 25.1 Å². The molecule has 0 N–H and O–H groups in total. The molecule has 1 atom stereocenters. The summed E-state index contributed by atoms with van der Waals surface area (Å²) in [5, 5.41) is 0.959. The number of piperidine rings is 1. The van der Waals surface area contributed by atoms with Gasteiger partial charge in [-0.25, -0.2) is 0 Å². The van der Waals surface area contributed by atoms with E-state index < -0.39 is 0 Å². The molecule has 2 aromatic rings. The number of pyridine rings is 1. The van der Waals surface area contributed by atoms with Crippen molar-refractivity contribution >= 4 is 16.8 Å². The first-order valence-electron chi connectivity index (χ1n) is 7.46. The van der Waals surface area contributed by atoms with Gasteiger partial charge >= 0.3 is 0 Å². The Hall–Kier alpha value is -1.90. The number of carbonyl (C=O) groups is 1. The molecule has 0 radical (unpaired) electrons. The molecule has 1 amide bonds. The fraction of sp³-hybridized carbons (Fsp3) is 0.412. The summed E-state index contributed by atoms with van der Waals surface area (Å²) < 4.78 is 0. The summed E-state index contributed by atoms with van der Waals surface area (Å²) in [6.45, 7) is 3.05. The van der Waals surface area contributed by atoms with Crippen LogP contribution in [0, 0.1) is 0 Å². The first-order chi connectivity index (χ1) is 9.81. The number of aromatic nitrogens is 1. The van der Waals surface area contributed by atoms with E-state index in [0.29, 0.717) is 6.04 Å². The number of rotatable bonds is 2. The number of fused-ring (bicyclic) bond motifs is 1. The lowest BCUT2D eigenvalue weighted by Crippen LogP contribution is -2.43. The summed E-state index contributed by atoms with van der Waals surface area (Å²) in [5.41, 5.74) is 1.68. The summed E-state index contributed by atoms with van der Waals surface area (Å²) >= 11 is 0. The molecule has 3 rings (SSSR count). The maximum atomic E-state index is 12.9. The monoisotopic (exact) mass is 268 g/mol. The van der Waals surface area contributed by atoms with Gasteiger partial charge in [-0.3, -0.25) is 9.78 Å². The number of carbonyl (C=O) groups excluding carboxylic acids is 1. The smallest absolute Gasteiger partial charge is 0.254 e. The second-order valence-electron chi connectivity index (χ2n) is 5.43. The van der Waals surface area contributed by atoms with Crippen LogP contribution in [0.4, 0.5) is 0 Å². The average Bonchev–Trinajstić information content (AvgIpc) is 2.53. The molecule has 1 saturated heterocycles. The van der Waals surface area contributed by atoms with Crippen molar-refractivity contribution in [1.29, 1.82) is 0 Å². The summed E-state index contributed by atoms with van der Waals surface area (Å²) in [5.74, 6) is 0.162. The van der Waals surface area contributed by atoms with Crippen molar-refractivity contribution in [1.82, 2.24) is 9.88 Å². The van der Waals surface area contributed by atoms with Gasteiger partial charge in [0, 0.05) is 24.2 Å². The number of amides is 1. The lowest BCUT2D eigenvalue weighted by Gasteiger charge is -2.35. The maximum absolute atomic E-state index is 12.9. The van der Waals surface area contributed by atoms with Crippen LogP contribution in [-0.4, -0.2) is 28.4 Å². The SMILES string of the molecule is CC[C@H]1CCCCN1C(=O)c1ccnc2ccccc12. The number of para-hydroxylation sites is 1. The molecule has 1 aliphatic heterocycles. The molecule has 2 heterocycles. The zero-order valence-electron chi connectivity index (χ0n) is 11.9. The number of nitrogens with zero attached hydrogens (tertiary/aromatic N) is 2. The Morgan fingerprint density at radius 3 is 3.00 bits per heavy atom. The van der Waals surface area contributed by atoms with Gasteiger partial charge in [-0.15, -0.1) is 0 Å². The van der Waals surface area contributed by atoms with E-state index in [9.17, 15) is 4.79 Å². The topological polar surface area (TPSA) is 33.2 Å². The van der Waals surface area contributed by atoms with Gasteiger partial charge < -0.3 is 4.90 Å². The Labute approximate surface area is 119 Å². The van der Waals surface area contributed by atoms with Crippen molar-refractivity contribution in [2.75, 3.05) is 6.54 Å². The second kappa shape index (κ2) is 5.61. The van der Waals surface area contributed by atoms with Crippen LogP contribution in [0.3, 0.4) is 0 Å². The molecule has 1 fully saturated rings. The highest BCUT2D eigenvalue weighted by atomic mass is 16.2. The van der Waals surface area contributed by atoms with Gasteiger partial charge in [0.15, 0.2) is 0 Å². The molecule has 1 aromatic heterocycles. The minimum absolute atomic E-state index is 0.162. The molecule has 1 aliphatic rings. The van der Waals surface area contributed by atoms with E-state index in [0.717, 1.165) is 42.3 Å². The molecular weight excluding hydrogens is 248 g/mol. The first-order valence-corrected chi connectivity index (χ1v) is 7.46. The number of likely N-dealkylation sites (tertiary alicyclic amines) is 1. The summed E-state index contributed by atoms with van der Waals surface area (Å²) in [4.78, 5) is 19.3. The highest BCUT2D eigenvalue weighted by Crippen LogP contribution is 2.24. The van der Waals surface area contributed by atoms with Crippen molar-refractivity contribution in [3.8, 4) is 0 Å². The van der Waals surface area contributed by atoms with Crippen LogP contribution in [0.15, 0.2) is 36.5 Å². The fourth-order valence-corrected chi connectivity index (χ4v) is 3.13. The van der Waals surface area contributed by atoms with Gasteiger partial charge in [0.05, 0.1) is 11.1 Å². The largest absolute Gasteiger partial charge is 0.336 e. The second-order valence-corrected chi connectivity index (χ2v) is 5.43. The third-order valence-electron chi connectivity index (χ3n) is 4.24. The third-order valence-corrected chi connectivity index (χ3v) is 4.24. The fourth-order valence-electron chi connectivity index (χ4n) is 3.13. The molecule has 0 saturated carbocycles. The molecule has 0 spiro atoms. The number of hydrogen-bond acceptors (Lipinski definition) is 2. The van der Waals surface area contributed by atoms with E-state index >= 15 is 0 Å². The molecule has 0 unspecified atom stereocenters. The summed E-state index contributed by atoms with van der Waals surface area (Å²) in [6, 6.07) is 10.1. The van der Waals surface area contributed by atoms with Crippen LogP contribution in [0.2, 0.25) is 0 Å². The zero-order chi connectivity index (χ0) is 13.9. The highest BCUT2D eigenvalue weighted by Gasteiger charge is 2.27. The predicted octanol–water partition coefficient (Wildman–Crippen LogP) is 3.64. The van der Waals surface area contributed by atoms with E-state index in [1.807, 2.05) is 30.3 Å². The van der Waals surface area contributed by atoms with Crippen LogP contribution in [0.5, 0.6) is 0 Å². The number of benzene rings is 1. The van der Waals surface area contributed by atoms with Gasteiger partial charge in [0.1, 0.15) is 0 Å². The molecule has 20 heavy (non-hydrogen) atoms. The Morgan fingerprint density at radius 1 is 1.30 bits per heavy atom. The summed E-state index contributed by atoms with van der Waals surface area (Å²) in [6.07, 6.45) is 6.26. The maximum Gasteiger partial charge on any atom is 0.254 e. The normalized spacial score (nSPS) is 19.2. The molecule has 3 nitrogen and oxygen atoms in total. The Morgan fingerprint density at radius 2 is 2.15 bits per heavy atom. The lowest BCUT2D eigenvalue weighted by atomic mass is 9.98. The molecule has 0 aliphatic carbocycles. The zero-order valence-corrected chi connectivity index (χ0v) is 11.9. The van der Waals surface area contributed by atoms with Crippen molar-refractivity contribution in [3.05, 3.63) is 42.1 Å². The van der Waals surface area contributed by atoms with Gasteiger partial charge in [0.25, 0.3) is 5.91 Å². The highest BCUT2D eigenvalue weighted by molar-refractivity contribution is 6.06. The minimum Gasteiger partial charge on any atom is -0.336 e. The van der Waals surface area contributed by atoms with Crippen LogP contribution in [0.1, 0.15) is 43.0 Å². The number of hydrogen-bond donors (Lipinski definition) is 0. The third kappa shape index (κ3) is 2.28. The van der Waals surface area contributed by atoms with Crippen LogP contribution >= 0.6 is 0 Å². The quantitative estimate of drug-likeness (QED) is 0.833. The molecule has 0 bridgehead atoms. The average molecular weight is 268 g/mol. The van der Waals surface area contributed by atoms with Crippen molar-refractivity contribution in [3.63, 3.8) is 0 Å². The van der Waals surface area contributed by atoms with Gasteiger partial charge in [-0.05, 0) is 37.8 Å². The van der Waals surface area contributed by atoms with E-state index in [1.165, 1.54) is 6.42 Å². The van der Waals surface area contributed by atoms with E-state index in [1.54, 1.807) is 6.20 Å². The Balaban J connectivity index is 1.99. The molecule has 1 aromatic carbocycles. The lowest BCUT2D eigenvalue weighted by molar-refractivity contribution is 0.0610. The van der Waals surface area contributed by atoms with Crippen molar-refractivity contribution in [2.24, 2.45) is 0 Å². The molecule has 3 heteroatoms. The Bertz CT molecular complexity index is 618. The van der Waals surface area contributed by atoms with E-state index in [2.05, 4.69) is 16.8 Å². The van der Waals surface area contributed by atoms with Crippen molar-refractivity contribution in [2.45, 2.75) is 38.6 Å². The van der Waals surface area contributed by atoms with Crippen LogP contribution in [-0.2, 0) is 0 Å². The summed E-state index contributed by atoms with van der Waals surface area (Å²) in [7, 11) is 0. The molecule has 104 valence electrons.